The summed E-state index contributed by atoms with van der Waals surface area (Å²) in [5, 5.41) is 6.31. The van der Waals surface area contributed by atoms with Gasteiger partial charge in [0.2, 0.25) is 6.41 Å². The van der Waals surface area contributed by atoms with Crippen molar-refractivity contribution in [2.75, 3.05) is 17.3 Å². The van der Waals surface area contributed by atoms with E-state index in [0.717, 1.165) is 4.90 Å². The van der Waals surface area contributed by atoms with Crippen LogP contribution in [-0.2, 0) is 16.1 Å². The molecule has 0 aliphatic carbocycles. The maximum absolute atomic E-state index is 14.0. The van der Waals surface area contributed by atoms with Crippen LogP contribution in [0.3, 0.4) is 0 Å². The average molecular weight is 496 g/mol. The predicted octanol–water partition coefficient (Wildman–Crippen LogP) is 3.53. The number of aliphatic imine (C=N–C) groups is 1. The molecule has 0 unspecified atom stereocenters. The van der Waals surface area contributed by atoms with Crippen molar-refractivity contribution in [1.29, 1.82) is 0 Å². The van der Waals surface area contributed by atoms with Gasteiger partial charge in [-0.2, -0.15) is 0 Å². The maximum Gasteiger partial charge on any atom is 0.414 e. The van der Waals surface area contributed by atoms with Crippen LogP contribution in [0, 0.1) is 5.82 Å². The predicted molar refractivity (Wildman–Crippen MR) is 132 cm³/mol. The lowest BCUT2D eigenvalue weighted by molar-refractivity contribution is -0.105. The van der Waals surface area contributed by atoms with Gasteiger partial charge in [0.1, 0.15) is 29.1 Å². The molecule has 0 atom stereocenters. The maximum atomic E-state index is 14.0. The minimum atomic E-state index is -0.725. The number of nitrogens with two attached hydrogens (primary N) is 1. The largest absolute Gasteiger partial charge is 0.443 e. The van der Waals surface area contributed by atoms with Gasteiger partial charge >= 0.3 is 6.09 Å². The van der Waals surface area contributed by atoms with Crippen molar-refractivity contribution in [1.82, 2.24) is 15.1 Å². The number of allylic oxidation sites excluding steroid dienone is 1. The van der Waals surface area contributed by atoms with Gasteiger partial charge in [-0.1, -0.05) is 23.4 Å². The second-order valence-electron chi connectivity index (χ2n) is 8.51. The number of benzene rings is 1. The van der Waals surface area contributed by atoms with Crippen LogP contribution >= 0.6 is 0 Å². The zero-order chi connectivity index (χ0) is 26.3. The molecule has 3 rings (SSSR count). The molecule has 0 spiro atoms. The molecule has 12 heteroatoms. The smallest absolute Gasteiger partial charge is 0.414 e. The van der Waals surface area contributed by atoms with Crippen molar-refractivity contribution in [3.8, 4) is 0 Å². The van der Waals surface area contributed by atoms with Gasteiger partial charge in [-0.25, -0.2) is 19.2 Å². The SMILES string of the molecule is CN(C(=O)OC(C)(C)C)c1cnc(C(N)=CC(=NCc2ccccc2F)c2ccon2)nc1NC=O. The number of carbonyl (C=O) groups is 2. The number of nitrogens with zero attached hydrogens (tertiary/aromatic N) is 5. The first-order valence-corrected chi connectivity index (χ1v) is 10.8. The summed E-state index contributed by atoms with van der Waals surface area (Å²) in [6, 6.07) is 7.83. The fourth-order valence-corrected chi connectivity index (χ4v) is 2.90. The lowest BCUT2D eigenvalue weighted by atomic mass is 10.2. The molecule has 3 aromatic rings. The van der Waals surface area contributed by atoms with E-state index >= 15 is 0 Å². The van der Waals surface area contributed by atoms with Crippen molar-refractivity contribution in [2.24, 2.45) is 10.7 Å². The second-order valence-corrected chi connectivity index (χ2v) is 8.51. The first-order chi connectivity index (χ1) is 17.1. The summed E-state index contributed by atoms with van der Waals surface area (Å²) < 4.78 is 24.3. The van der Waals surface area contributed by atoms with Crippen LogP contribution in [0.5, 0.6) is 0 Å². The van der Waals surface area contributed by atoms with Gasteiger partial charge in [0.15, 0.2) is 11.6 Å². The molecular formula is C24H26FN7O4. The summed E-state index contributed by atoms with van der Waals surface area (Å²) in [6.07, 6.45) is 3.89. The monoisotopic (exact) mass is 495 g/mol. The molecule has 2 amide bonds. The molecule has 0 radical (unpaired) electrons. The number of halogens is 1. The van der Waals surface area contributed by atoms with E-state index in [1.54, 1.807) is 45.0 Å². The summed E-state index contributed by atoms with van der Waals surface area (Å²) in [6.45, 7) is 5.22. The van der Waals surface area contributed by atoms with E-state index in [1.165, 1.54) is 31.7 Å². The van der Waals surface area contributed by atoms with Crippen LogP contribution in [-0.4, -0.2) is 46.0 Å². The molecule has 11 nitrogen and oxygen atoms in total. The number of ether oxygens (including phenoxy) is 1. The third-order valence-electron chi connectivity index (χ3n) is 4.62. The molecule has 1 aromatic carbocycles. The highest BCUT2D eigenvalue weighted by molar-refractivity contribution is 6.10. The number of anilines is 2. The van der Waals surface area contributed by atoms with E-state index in [2.05, 4.69) is 25.4 Å². The molecule has 0 bridgehead atoms. The van der Waals surface area contributed by atoms with E-state index in [9.17, 15) is 14.0 Å². The Morgan fingerprint density at radius 2 is 2.06 bits per heavy atom. The number of hydrogen-bond donors (Lipinski definition) is 2. The van der Waals surface area contributed by atoms with Gasteiger partial charge in [-0.05, 0) is 32.9 Å². The van der Waals surface area contributed by atoms with Crippen LogP contribution < -0.4 is 16.0 Å². The standard InChI is InChI=1S/C24H26FN7O4/c1-24(2,3)36-23(34)32(4)20-13-28-21(30-22(20)29-14-33)17(26)11-19(18-9-10-35-31-18)27-12-15-7-5-6-8-16(15)25/h5-11,13-14H,12,26H2,1-4H3,(H,28,29,30,33). The first kappa shape index (κ1) is 26.0. The number of aromatic nitrogens is 3. The Kier molecular flexibility index (Phi) is 8.10. The zero-order valence-electron chi connectivity index (χ0n) is 20.2. The van der Waals surface area contributed by atoms with Crippen molar-refractivity contribution >= 4 is 35.4 Å². The lowest BCUT2D eigenvalue weighted by Gasteiger charge is -2.25. The van der Waals surface area contributed by atoms with Gasteiger partial charge in [0, 0.05) is 18.7 Å². The normalized spacial score (nSPS) is 12.2. The molecule has 36 heavy (non-hydrogen) atoms. The van der Waals surface area contributed by atoms with Crippen LogP contribution in [0.2, 0.25) is 0 Å². The zero-order valence-corrected chi connectivity index (χ0v) is 20.2. The molecular weight excluding hydrogens is 469 g/mol. The molecule has 3 N–H and O–H groups in total. The number of hydrogen-bond acceptors (Lipinski definition) is 9. The summed E-state index contributed by atoms with van der Waals surface area (Å²) in [4.78, 5) is 37.7. The van der Waals surface area contributed by atoms with Crippen molar-refractivity contribution < 1.29 is 23.2 Å². The van der Waals surface area contributed by atoms with Crippen LogP contribution in [0.1, 0.15) is 37.9 Å². The molecule has 0 saturated heterocycles. The molecule has 0 aliphatic rings. The first-order valence-electron chi connectivity index (χ1n) is 10.8. The minimum Gasteiger partial charge on any atom is -0.443 e. The highest BCUT2D eigenvalue weighted by Gasteiger charge is 2.23. The molecule has 2 aromatic heterocycles. The summed E-state index contributed by atoms with van der Waals surface area (Å²) in [7, 11) is 1.46. The third kappa shape index (κ3) is 6.72. The fraction of sp³-hybridized carbons (Fsp3) is 0.250. The van der Waals surface area contributed by atoms with E-state index in [0.29, 0.717) is 23.4 Å². The number of nitrogens with one attached hydrogen (secondary N) is 1. The average Bonchev–Trinajstić information content (AvgIpc) is 3.36. The Morgan fingerprint density at radius 3 is 2.69 bits per heavy atom. The van der Waals surface area contributed by atoms with Gasteiger partial charge < -0.3 is 20.3 Å². The van der Waals surface area contributed by atoms with Gasteiger partial charge in [-0.3, -0.25) is 14.7 Å². The van der Waals surface area contributed by atoms with Crippen molar-refractivity contribution in [3.63, 3.8) is 0 Å². The fourth-order valence-electron chi connectivity index (χ4n) is 2.90. The number of rotatable bonds is 8. The Balaban J connectivity index is 1.94. The van der Waals surface area contributed by atoms with E-state index < -0.39 is 17.5 Å². The second kappa shape index (κ2) is 11.2. The lowest BCUT2D eigenvalue weighted by Crippen LogP contribution is -2.34. The molecule has 188 valence electrons. The third-order valence-corrected chi connectivity index (χ3v) is 4.62. The highest BCUT2D eigenvalue weighted by Crippen LogP contribution is 2.24. The van der Waals surface area contributed by atoms with Crippen LogP contribution in [0.15, 0.2) is 58.4 Å². The summed E-state index contributed by atoms with van der Waals surface area (Å²) in [5.41, 5.74) is 6.82. The Hall–Kier alpha value is -4.61. The van der Waals surface area contributed by atoms with Crippen LogP contribution in [0.25, 0.3) is 5.70 Å². The highest BCUT2D eigenvalue weighted by atomic mass is 19.1. The Labute approximate surface area is 206 Å². The Bertz CT molecular complexity index is 1280. The van der Waals surface area contributed by atoms with E-state index in [1.807, 2.05) is 0 Å². The van der Waals surface area contributed by atoms with Gasteiger partial charge in [0.25, 0.3) is 0 Å². The molecule has 0 fully saturated rings. The molecule has 2 heterocycles. The minimum absolute atomic E-state index is 0.0249. The topological polar surface area (TPSA) is 149 Å². The van der Waals surface area contributed by atoms with Gasteiger partial charge in [0.05, 0.1) is 24.2 Å². The summed E-state index contributed by atoms with van der Waals surface area (Å²) >= 11 is 0. The van der Waals surface area contributed by atoms with Gasteiger partial charge in [-0.15, -0.1) is 0 Å². The quantitative estimate of drug-likeness (QED) is 0.356. The van der Waals surface area contributed by atoms with E-state index in [-0.39, 0.29) is 29.6 Å². The number of carbonyl (C=O) groups excluding carboxylic acids is 2. The number of amides is 2. The summed E-state index contributed by atoms with van der Waals surface area (Å²) in [5.74, 6) is -0.316. The van der Waals surface area contributed by atoms with Crippen molar-refractivity contribution in [2.45, 2.75) is 32.9 Å². The molecule has 0 saturated carbocycles. The van der Waals surface area contributed by atoms with E-state index in [4.69, 9.17) is 15.0 Å². The van der Waals surface area contributed by atoms with Crippen LogP contribution in [0.4, 0.5) is 20.7 Å². The van der Waals surface area contributed by atoms with Crippen molar-refractivity contribution in [3.05, 3.63) is 71.8 Å². The molecule has 0 aliphatic heterocycles. The Morgan fingerprint density at radius 1 is 1.31 bits per heavy atom.